The summed E-state index contributed by atoms with van der Waals surface area (Å²) in [5.74, 6) is 2.37. The molecule has 4 heterocycles. The van der Waals surface area contributed by atoms with Gasteiger partial charge in [0.15, 0.2) is 5.82 Å². The molecule has 2 aliphatic rings. The first kappa shape index (κ1) is 17.3. The Balaban J connectivity index is 1.51. The summed E-state index contributed by atoms with van der Waals surface area (Å²) in [7, 11) is 1.88. The first-order valence-corrected chi connectivity index (χ1v) is 10.2. The van der Waals surface area contributed by atoms with Gasteiger partial charge in [0.1, 0.15) is 5.82 Å². The van der Waals surface area contributed by atoms with Gasteiger partial charge in [-0.25, -0.2) is 15.0 Å². The first-order valence-electron chi connectivity index (χ1n) is 10.2. The third-order valence-electron chi connectivity index (χ3n) is 6.00. The van der Waals surface area contributed by atoms with Crippen LogP contribution in [-0.4, -0.2) is 47.2 Å². The van der Waals surface area contributed by atoms with Crippen LogP contribution in [0.4, 0.5) is 0 Å². The SMILES string of the molecule is Cn1cc(-c2ncc3c(-c4nc(C5CC5)n5c4CN(C=O)CC5)cccc3n2)cn1. The zero-order valence-corrected chi connectivity index (χ0v) is 16.7. The van der Waals surface area contributed by atoms with Gasteiger partial charge in [-0.2, -0.15) is 5.10 Å². The van der Waals surface area contributed by atoms with Crippen molar-refractivity contribution in [3.05, 3.63) is 48.3 Å². The lowest BCUT2D eigenvalue weighted by Crippen LogP contribution is -2.33. The fraction of sp³-hybridized carbons (Fsp3) is 0.318. The Morgan fingerprint density at radius 3 is 2.80 bits per heavy atom. The predicted octanol–water partition coefficient (Wildman–Crippen LogP) is 2.74. The Morgan fingerprint density at radius 1 is 1.13 bits per heavy atom. The average molecular weight is 399 g/mol. The minimum absolute atomic E-state index is 0.545. The van der Waals surface area contributed by atoms with Crippen LogP contribution >= 0.6 is 0 Å². The monoisotopic (exact) mass is 399 g/mol. The van der Waals surface area contributed by atoms with E-state index >= 15 is 0 Å². The molecule has 0 atom stereocenters. The maximum absolute atomic E-state index is 11.4. The number of fused-ring (bicyclic) bond motifs is 2. The van der Waals surface area contributed by atoms with Gasteiger partial charge in [0.25, 0.3) is 0 Å². The molecular weight excluding hydrogens is 378 g/mol. The van der Waals surface area contributed by atoms with Crippen molar-refractivity contribution >= 4 is 17.3 Å². The Labute approximate surface area is 173 Å². The number of rotatable bonds is 4. The van der Waals surface area contributed by atoms with Crippen LogP contribution in [0.15, 0.2) is 36.8 Å². The van der Waals surface area contributed by atoms with Crippen molar-refractivity contribution in [2.24, 2.45) is 7.05 Å². The summed E-state index contributed by atoms with van der Waals surface area (Å²) in [5.41, 5.74) is 4.85. The van der Waals surface area contributed by atoms with Gasteiger partial charge in [-0.15, -0.1) is 0 Å². The Hall–Kier alpha value is -3.55. The highest BCUT2D eigenvalue weighted by Gasteiger charge is 2.33. The minimum Gasteiger partial charge on any atom is -0.338 e. The molecule has 30 heavy (non-hydrogen) atoms. The molecule has 0 bridgehead atoms. The van der Waals surface area contributed by atoms with E-state index in [1.54, 1.807) is 10.9 Å². The van der Waals surface area contributed by atoms with Gasteiger partial charge in [-0.05, 0) is 18.9 Å². The molecule has 1 amide bonds. The number of aryl methyl sites for hydroxylation is 1. The maximum Gasteiger partial charge on any atom is 0.210 e. The van der Waals surface area contributed by atoms with E-state index in [0.29, 0.717) is 18.3 Å². The second-order valence-electron chi connectivity index (χ2n) is 8.10. The zero-order chi connectivity index (χ0) is 20.2. The summed E-state index contributed by atoms with van der Waals surface area (Å²) in [6.07, 6.45) is 8.88. The molecule has 8 nitrogen and oxygen atoms in total. The molecule has 0 unspecified atom stereocenters. The van der Waals surface area contributed by atoms with Crippen molar-refractivity contribution in [2.75, 3.05) is 6.54 Å². The summed E-state index contributed by atoms with van der Waals surface area (Å²) in [4.78, 5) is 27.7. The normalized spacial score (nSPS) is 16.1. The van der Waals surface area contributed by atoms with Crippen LogP contribution in [0, 0.1) is 0 Å². The number of benzene rings is 1. The van der Waals surface area contributed by atoms with Crippen LogP contribution in [0.1, 0.15) is 30.3 Å². The number of imidazole rings is 1. The number of hydrogen-bond donors (Lipinski definition) is 0. The number of carbonyl (C=O) groups is 1. The van der Waals surface area contributed by atoms with E-state index < -0.39 is 0 Å². The number of aromatic nitrogens is 6. The Morgan fingerprint density at radius 2 is 2.03 bits per heavy atom. The highest BCUT2D eigenvalue weighted by Crippen LogP contribution is 2.43. The smallest absolute Gasteiger partial charge is 0.210 e. The number of nitrogens with zero attached hydrogens (tertiary/aromatic N) is 7. The lowest BCUT2D eigenvalue weighted by Gasteiger charge is -2.26. The molecule has 0 spiro atoms. The highest BCUT2D eigenvalue weighted by atomic mass is 16.1. The van der Waals surface area contributed by atoms with Crippen molar-refractivity contribution in [3.8, 4) is 22.6 Å². The molecule has 3 aromatic heterocycles. The zero-order valence-electron chi connectivity index (χ0n) is 16.7. The van der Waals surface area contributed by atoms with Gasteiger partial charge >= 0.3 is 0 Å². The maximum atomic E-state index is 11.4. The molecule has 1 aliphatic heterocycles. The minimum atomic E-state index is 0.545. The fourth-order valence-electron chi connectivity index (χ4n) is 4.31. The lowest BCUT2D eigenvalue weighted by atomic mass is 10.0. The van der Waals surface area contributed by atoms with Crippen molar-refractivity contribution in [1.82, 2.24) is 34.2 Å². The van der Waals surface area contributed by atoms with E-state index in [9.17, 15) is 4.79 Å². The molecule has 1 aliphatic carbocycles. The van der Waals surface area contributed by atoms with E-state index in [-0.39, 0.29) is 0 Å². The molecule has 150 valence electrons. The second kappa shape index (κ2) is 6.48. The molecule has 8 heteroatoms. The topological polar surface area (TPSA) is 81.7 Å². The van der Waals surface area contributed by atoms with Crippen LogP contribution in [0.3, 0.4) is 0 Å². The van der Waals surface area contributed by atoms with Gasteiger partial charge in [-0.1, -0.05) is 12.1 Å². The Kier molecular flexibility index (Phi) is 3.74. The lowest BCUT2D eigenvalue weighted by molar-refractivity contribution is -0.119. The Bertz CT molecular complexity index is 1280. The molecule has 1 aromatic carbocycles. The van der Waals surface area contributed by atoms with Crippen LogP contribution in [0.2, 0.25) is 0 Å². The largest absolute Gasteiger partial charge is 0.338 e. The molecule has 6 rings (SSSR count). The van der Waals surface area contributed by atoms with E-state index in [1.165, 1.54) is 12.8 Å². The molecular formula is C22H21N7O. The summed E-state index contributed by atoms with van der Waals surface area (Å²) in [6.45, 7) is 2.13. The van der Waals surface area contributed by atoms with Gasteiger partial charge in [0.05, 0.1) is 35.2 Å². The number of amides is 1. The highest BCUT2D eigenvalue weighted by molar-refractivity contribution is 5.94. The first-order chi connectivity index (χ1) is 14.7. The average Bonchev–Trinajstić information content (AvgIpc) is 3.42. The van der Waals surface area contributed by atoms with Crippen LogP contribution in [0.5, 0.6) is 0 Å². The van der Waals surface area contributed by atoms with Gasteiger partial charge < -0.3 is 9.47 Å². The van der Waals surface area contributed by atoms with Gasteiger partial charge in [0, 0.05) is 49.4 Å². The van der Waals surface area contributed by atoms with Gasteiger partial charge in [0.2, 0.25) is 6.41 Å². The molecule has 0 saturated heterocycles. The number of carbonyl (C=O) groups excluding carboxylic acids is 1. The van der Waals surface area contributed by atoms with Crippen molar-refractivity contribution < 1.29 is 4.79 Å². The molecule has 0 radical (unpaired) electrons. The molecule has 1 saturated carbocycles. The molecule has 4 aromatic rings. The van der Waals surface area contributed by atoms with Crippen molar-refractivity contribution in [2.45, 2.75) is 31.8 Å². The van der Waals surface area contributed by atoms with E-state index in [1.807, 2.05) is 36.5 Å². The second-order valence-corrected chi connectivity index (χ2v) is 8.10. The molecule has 0 N–H and O–H groups in total. The van der Waals surface area contributed by atoms with Crippen LogP contribution in [0.25, 0.3) is 33.5 Å². The van der Waals surface area contributed by atoms with Crippen LogP contribution in [-0.2, 0) is 24.9 Å². The van der Waals surface area contributed by atoms with Crippen LogP contribution < -0.4 is 0 Å². The quantitative estimate of drug-likeness (QED) is 0.493. The third-order valence-corrected chi connectivity index (χ3v) is 6.00. The molecule has 1 fully saturated rings. The summed E-state index contributed by atoms with van der Waals surface area (Å²) in [5, 5.41) is 5.19. The third kappa shape index (κ3) is 2.71. The summed E-state index contributed by atoms with van der Waals surface area (Å²) >= 11 is 0. The predicted molar refractivity (Wildman–Crippen MR) is 111 cm³/mol. The van der Waals surface area contributed by atoms with E-state index in [0.717, 1.165) is 58.7 Å². The van der Waals surface area contributed by atoms with E-state index in [2.05, 4.69) is 20.7 Å². The van der Waals surface area contributed by atoms with Crippen molar-refractivity contribution in [3.63, 3.8) is 0 Å². The summed E-state index contributed by atoms with van der Waals surface area (Å²) < 4.78 is 4.08. The number of hydrogen-bond acceptors (Lipinski definition) is 5. The summed E-state index contributed by atoms with van der Waals surface area (Å²) in [6, 6.07) is 6.10. The van der Waals surface area contributed by atoms with E-state index in [4.69, 9.17) is 9.97 Å². The van der Waals surface area contributed by atoms with Crippen molar-refractivity contribution in [1.29, 1.82) is 0 Å². The standard InChI is InChI=1S/C22H21N7O/c1-27-11-15(9-24-27)21-23-10-17-16(3-2-4-18(17)25-21)20-19-12-28(13-30)7-8-29(19)22(26-20)14-5-6-14/h2-4,9-11,13-14H,5-8,12H2,1H3. The van der Waals surface area contributed by atoms with Gasteiger partial charge in [-0.3, -0.25) is 9.48 Å². The fourth-order valence-corrected chi connectivity index (χ4v) is 4.31.